The monoisotopic (exact) mass is 384 g/mol. The van der Waals surface area contributed by atoms with E-state index in [1.807, 2.05) is 0 Å². The number of nitro benzene ring substituents is 2. The summed E-state index contributed by atoms with van der Waals surface area (Å²) in [7, 11) is 0. The van der Waals surface area contributed by atoms with E-state index >= 15 is 0 Å². The van der Waals surface area contributed by atoms with Gasteiger partial charge >= 0.3 is 17.6 Å². The average Bonchev–Trinajstić information content (AvgIpc) is 2.65. The maximum absolute atomic E-state index is 11.5. The fourth-order valence-corrected chi connectivity index (χ4v) is 1.92. The summed E-state index contributed by atoms with van der Waals surface area (Å²) < 4.78 is 15.4. The summed E-state index contributed by atoms with van der Waals surface area (Å²) in [6.45, 7) is 2.97. The molecular formula is C16H20N2O9. The van der Waals surface area contributed by atoms with Gasteiger partial charge in [0, 0.05) is 25.3 Å². The van der Waals surface area contributed by atoms with Crippen molar-refractivity contribution in [3.63, 3.8) is 0 Å². The summed E-state index contributed by atoms with van der Waals surface area (Å²) in [6, 6.07) is 3.01. The molecule has 0 heterocycles. The third-order valence-corrected chi connectivity index (χ3v) is 3.35. The van der Waals surface area contributed by atoms with E-state index in [0.29, 0.717) is 0 Å². The van der Waals surface area contributed by atoms with Crippen LogP contribution in [0.4, 0.5) is 11.4 Å². The van der Waals surface area contributed by atoms with Crippen molar-refractivity contribution in [2.75, 3.05) is 13.2 Å². The third kappa shape index (κ3) is 7.26. The molecule has 1 atom stereocenters. The number of carbonyl (C=O) groups is 2. The van der Waals surface area contributed by atoms with E-state index in [0.717, 1.165) is 18.2 Å². The van der Waals surface area contributed by atoms with Gasteiger partial charge in [-0.3, -0.25) is 29.8 Å². The van der Waals surface area contributed by atoms with Crippen LogP contribution in [0.1, 0.15) is 33.1 Å². The largest absolute Gasteiger partial charge is 0.487 e. The highest BCUT2D eigenvalue weighted by Crippen LogP contribution is 2.31. The Hall–Kier alpha value is -3.24. The molecule has 0 aliphatic carbocycles. The second-order valence-corrected chi connectivity index (χ2v) is 5.31. The molecule has 0 fully saturated rings. The molecule has 11 nitrogen and oxygen atoms in total. The van der Waals surface area contributed by atoms with Gasteiger partial charge in [-0.2, -0.15) is 0 Å². The minimum absolute atomic E-state index is 0.0933. The number of nitro groups is 2. The molecule has 0 amide bonds. The van der Waals surface area contributed by atoms with E-state index < -0.39 is 39.3 Å². The molecular weight excluding hydrogens is 364 g/mol. The lowest BCUT2D eigenvalue weighted by atomic mass is 10.2. The van der Waals surface area contributed by atoms with Gasteiger partial charge in [-0.1, -0.05) is 13.8 Å². The topological polar surface area (TPSA) is 148 Å². The van der Waals surface area contributed by atoms with Gasteiger partial charge in [-0.25, -0.2) is 0 Å². The summed E-state index contributed by atoms with van der Waals surface area (Å²) in [6.07, 6.45) is -0.367. The van der Waals surface area contributed by atoms with E-state index in [2.05, 4.69) is 0 Å². The van der Waals surface area contributed by atoms with Crippen LogP contribution >= 0.6 is 0 Å². The zero-order valence-electron chi connectivity index (χ0n) is 14.9. The molecule has 0 saturated heterocycles. The van der Waals surface area contributed by atoms with Crippen molar-refractivity contribution in [2.24, 2.45) is 0 Å². The Morgan fingerprint density at radius 3 is 2.30 bits per heavy atom. The molecule has 0 aliphatic heterocycles. The quantitative estimate of drug-likeness (QED) is 0.319. The predicted octanol–water partition coefficient (Wildman–Crippen LogP) is 2.55. The Morgan fingerprint density at radius 2 is 1.74 bits per heavy atom. The van der Waals surface area contributed by atoms with Crippen molar-refractivity contribution >= 4 is 23.3 Å². The van der Waals surface area contributed by atoms with E-state index in [1.54, 1.807) is 13.8 Å². The Bertz CT molecular complexity index is 705. The molecule has 0 N–H and O–H groups in total. The minimum Gasteiger partial charge on any atom is -0.487 e. The fourth-order valence-electron chi connectivity index (χ4n) is 1.92. The molecule has 1 aromatic carbocycles. The smallest absolute Gasteiger partial charge is 0.317 e. The second-order valence-electron chi connectivity index (χ2n) is 5.31. The molecule has 0 saturated carbocycles. The molecule has 0 bridgehead atoms. The van der Waals surface area contributed by atoms with Gasteiger partial charge < -0.3 is 14.2 Å². The van der Waals surface area contributed by atoms with Crippen LogP contribution in [0.25, 0.3) is 0 Å². The number of hydrogen-bond acceptors (Lipinski definition) is 9. The highest BCUT2D eigenvalue weighted by molar-refractivity contribution is 5.70. The van der Waals surface area contributed by atoms with E-state index in [4.69, 9.17) is 14.2 Å². The minimum atomic E-state index is -0.792. The van der Waals surface area contributed by atoms with Gasteiger partial charge in [-0.15, -0.1) is 0 Å². The number of rotatable bonds is 11. The van der Waals surface area contributed by atoms with Crippen LogP contribution in [0.5, 0.6) is 5.75 Å². The summed E-state index contributed by atoms with van der Waals surface area (Å²) >= 11 is 0. The standard InChI is InChI=1S/C16H20N2O9/c1-3-15(19)26-10-12(27-16(20)4-2)7-8-25-14-6-5-11(17(21)22)9-13(14)18(23)24/h5-6,9,12H,3-4,7-8,10H2,1-2H3. The van der Waals surface area contributed by atoms with Crippen molar-refractivity contribution < 1.29 is 33.6 Å². The number of esters is 2. The normalized spacial score (nSPS) is 11.3. The van der Waals surface area contributed by atoms with Crippen LogP contribution in [0.3, 0.4) is 0 Å². The van der Waals surface area contributed by atoms with Gasteiger partial charge in [0.2, 0.25) is 0 Å². The van der Waals surface area contributed by atoms with E-state index in [-0.39, 0.29) is 38.2 Å². The van der Waals surface area contributed by atoms with Crippen molar-refractivity contribution in [3.8, 4) is 5.75 Å². The van der Waals surface area contributed by atoms with Gasteiger partial charge in [-0.05, 0) is 6.07 Å². The van der Waals surface area contributed by atoms with Crippen LogP contribution < -0.4 is 4.74 Å². The maximum Gasteiger partial charge on any atom is 0.317 e. The molecule has 0 aliphatic rings. The van der Waals surface area contributed by atoms with Crippen molar-refractivity contribution in [1.82, 2.24) is 0 Å². The Labute approximate surface area is 154 Å². The Balaban J connectivity index is 2.75. The second kappa shape index (κ2) is 10.7. The Morgan fingerprint density at radius 1 is 1.07 bits per heavy atom. The molecule has 1 unspecified atom stereocenters. The van der Waals surface area contributed by atoms with Crippen LogP contribution in [0, 0.1) is 20.2 Å². The highest BCUT2D eigenvalue weighted by Gasteiger charge is 2.22. The molecule has 0 aromatic heterocycles. The average molecular weight is 384 g/mol. The first-order chi connectivity index (χ1) is 12.8. The molecule has 1 rings (SSSR count). The predicted molar refractivity (Wildman–Crippen MR) is 91.3 cm³/mol. The number of hydrogen-bond donors (Lipinski definition) is 0. The van der Waals surface area contributed by atoms with Crippen LogP contribution in [-0.4, -0.2) is 41.1 Å². The van der Waals surface area contributed by atoms with E-state index in [1.165, 1.54) is 0 Å². The molecule has 11 heteroatoms. The molecule has 1 aromatic rings. The first kappa shape index (κ1) is 21.8. The maximum atomic E-state index is 11.5. The van der Waals surface area contributed by atoms with Crippen LogP contribution in [0.15, 0.2) is 18.2 Å². The van der Waals surface area contributed by atoms with Crippen LogP contribution in [0.2, 0.25) is 0 Å². The molecule has 148 valence electrons. The molecule has 0 spiro atoms. The molecule has 27 heavy (non-hydrogen) atoms. The zero-order valence-corrected chi connectivity index (χ0v) is 14.9. The number of nitrogens with zero attached hydrogens (tertiary/aromatic N) is 2. The van der Waals surface area contributed by atoms with Crippen molar-refractivity contribution in [2.45, 2.75) is 39.2 Å². The zero-order chi connectivity index (χ0) is 20.4. The third-order valence-electron chi connectivity index (χ3n) is 3.35. The van der Waals surface area contributed by atoms with Crippen molar-refractivity contribution in [1.29, 1.82) is 0 Å². The number of carbonyl (C=O) groups excluding carboxylic acids is 2. The lowest BCUT2D eigenvalue weighted by molar-refractivity contribution is -0.394. The summed E-state index contributed by atoms with van der Waals surface area (Å²) in [4.78, 5) is 43.0. The summed E-state index contributed by atoms with van der Waals surface area (Å²) in [5.41, 5.74) is -0.987. The van der Waals surface area contributed by atoms with Gasteiger partial charge in [0.05, 0.1) is 22.5 Å². The summed E-state index contributed by atoms with van der Waals surface area (Å²) in [5, 5.41) is 21.8. The first-order valence-corrected chi connectivity index (χ1v) is 8.19. The molecule has 0 radical (unpaired) electrons. The van der Waals surface area contributed by atoms with Gasteiger partial charge in [0.1, 0.15) is 12.7 Å². The number of benzene rings is 1. The lowest BCUT2D eigenvalue weighted by Crippen LogP contribution is -2.26. The van der Waals surface area contributed by atoms with Crippen molar-refractivity contribution in [3.05, 3.63) is 38.4 Å². The Kier molecular flexibility index (Phi) is 8.63. The lowest BCUT2D eigenvalue weighted by Gasteiger charge is -2.18. The first-order valence-electron chi connectivity index (χ1n) is 8.19. The number of non-ortho nitro benzene ring substituents is 1. The van der Waals surface area contributed by atoms with Crippen LogP contribution in [-0.2, 0) is 19.1 Å². The van der Waals surface area contributed by atoms with Gasteiger partial charge in [0.25, 0.3) is 5.69 Å². The highest BCUT2D eigenvalue weighted by atomic mass is 16.6. The SMILES string of the molecule is CCC(=O)OCC(CCOc1ccc([N+](=O)[O-])cc1[N+](=O)[O-])OC(=O)CC. The number of ether oxygens (including phenoxy) is 3. The fraction of sp³-hybridized carbons (Fsp3) is 0.500. The van der Waals surface area contributed by atoms with Gasteiger partial charge in [0.15, 0.2) is 5.75 Å². The van der Waals surface area contributed by atoms with E-state index in [9.17, 15) is 29.8 Å². The summed E-state index contributed by atoms with van der Waals surface area (Å²) in [5.74, 6) is -1.11.